The minimum atomic E-state index is -0.256. The lowest BCUT2D eigenvalue weighted by molar-refractivity contribution is 0.390. The molecule has 2 rings (SSSR count). The molecule has 1 aromatic carbocycles. The van der Waals surface area contributed by atoms with E-state index >= 15 is 0 Å². The first-order chi connectivity index (χ1) is 8.20. The normalized spacial score (nSPS) is 12.2. The summed E-state index contributed by atoms with van der Waals surface area (Å²) >= 11 is 0. The largest absolute Gasteiger partial charge is 0.480 e. The van der Waals surface area contributed by atoms with E-state index in [9.17, 15) is 0 Å². The minimum Gasteiger partial charge on any atom is -0.480 e. The number of hydrogen-bond donors (Lipinski definition) is 1. The van der Waals surface area contributed by atoms with Crippen LogP contribution >= 0.6 is 0 Å². The zero-order chi connectivity index (χ0) is 12.3. The standard InChI is InChI=1S/C13H15N3O/c1-9-3-5-10(6-4-9)13(14)11-7-8-12(17-2)16-15-11/h3-8,13H,14H2,1-2H3. The molecule has 0 spiro atoms. The highest BCUT2D eigenvalue weighted by Crippen LogP contribution is 2.18. The predicted molar refractivity (Wildman–Crippen MR) is 65.8 cm³/mol. The van der Waals surface area contributed by atoms with Gasteiger partial charge < -0.3 is 10.5 Å². The number of methoxy groups -OCH3 is 1. The SMILES string of the molecule is COc1ccc(C(N)c2ccc(C)cc2)nn1. The second-order valence-electron chi connectivity index (χ2n) is 3.89. The predicted octanol–water partition coefficient (Wildman–Crippen LogP) is 1.84. The molecule has 0 radical (unpaired) electrons. The maximum atomic E-state index is 6.11. The quantitative estimate of drug-likeness (QED) is 0.872. The van der Waals surface area contributed by atoms with Gasteiger partial charge in [0, 0.05) is 6.07 Å². The van der Waals surface area contributed by atoms with Crippen molar-refractivity contribution in [1.29, 1.82) is 0 Å². The van der Waals surface area contributed by atoms with Crippen molar-refractivity contribution in [1.82, 2.24) is 10.2 Å². The van der Waals surface area contributed by atoms with Crippen molar-refractivity contribution in [3.8, 4) is 5.88 Å². The molecule has 2 N–H and O–H groups in total. The zero-order valence-corrected chi connectivity index (χ0v) is 9.92. The summed E-state index contributed by atoms with van der Waals surface area (Å²) in [5.41, 5.74) is 9.08. The molecule has 0 saturated heterocycles. The third kappa shape index (κ3) is 2.60. The summed E-state index contributed by atoms with van der Waals surface area (Å²) in [5.74, 6) is 0.491. The third-order valence-electron chi connectivity index (χ3n) is 2.62. The molecule has 0 fully saturated rings. The Bertz CT molecular complexity index is 479. The van der Waals surface area contributed by atoms with E-state index in [1.54, 1.807) is 13.2 Å². The smallest absolute Gasteiger partial charge is 0.233 e. The van der Waals surface area contributed by atoms with Crippen molar-refractivity contribution in [2.24, 2.45) is 5.73 Å². The van der Waals surface area contributed by atoms with E-state index in [4.69, 9.17) is 10.5 Å². The second-order valence-corrected chi connectivity index (χ2v) is 3.89. The molecule has 2 aromatic rings. The Morgan fingerprint density at radius 3 is 2.29 bits per heavy atom. The molecule has 4 heteroatoms. The Kier molecular flexibility index (Phi) is 3.35. The summed E-state index contributed by atoms with van der Waals surface area (Å²) in [7, 11) is 1.56. The summed E-state index contributed by atoms with van der Waals surface area (Å²) in [5, 5.41) is 7.96. The summed E-state index contributed by atoms with van der Waals surface area (Å²) < 4.78 is 4.96. The molecule has 1 aromatic heterocycles. The van der Waals surface area contributed by atoms with Gasteiger partial charge in [-0.2, -0.15) is 0 Å². The Balaban J connectivity index is 2.23. The van der Waals surface area contributed by atoms with Gasteiger partial charge in [0.25, 0.3) is 0 Å². The van der Waals surface area contributed by atoms with Gasteiger partial charge >= 0.3 is 0 Å². The van der Waals surface area contributed by atoms with E-state index < -0.39 is 0 Å². The van der Waals surface area contributed by atoms with Crippen LogP contribution in [-0.2, 0) is 0 Å². The summed E-state index contributed by atoms with van der Waals surface area (Å²) in [6.45, 7) is 2.04. The van der Waals surface area contributed by atoms with Gasteiger partial charge in [0.1, 0.15) is 0 Å². The fourth-order valence-electron chi connectivity index (χ4n) is 1.55. The highest BCUT2D eigenvalue weighted by Gasteiger charge is 2.10. The van der Waals surface area contributed by atoms with E-state index in [-0.39, 0.29) is 6.04 Å². The van der Waals surface area contributed by atoms with Crippen LogP contribution in [-0.4, -0.2) is 17.3 Å². The van der Waals surface area contributed by atoms with Crippen LogP contribution in [0.5, 0.6) is 5.88 Å². The van der Waals surface area contributed by atoms with Crippen LogP contribution in [0.25, 0.3) is 0 Å². The number of ether oxygens (including phenoxy) is 1. The average Bonchev–Trinajstić information content (AvgIpc) is 2.39. The van der Waals surface area contributed by atoms with Crippen LogP contribution in [0.2, 0.25) is 0 Å². The van der Waals surface area contributed by atoms with E-state index in [1.165, 1.54) is 5.56 Å². The Morgan fingerprint density at radius 2 is 1.76 bits per heavy atom. The molecule has 1 atom stereocenters. The molecular weight excluding hydrogens is 214 g/mol. The highest BCUT2D eigenvalue weighted by atomic mass is 16.5. The molecule has 0 bridgehead atoms. The van der Waals surface area contributed by atoms with Gasteiger partial charge in [-0.3, -0.25) is 0 Å². The molecule has 0 aliphatic carbocycles. The van der Waals surface area contributed by atoms with Crippen LogP contribution in [0.4, 0.5) is 0 Å². The Morgan fingerprint density at radius 1 is 1.06 bits per heavy atom. The Hall–Kier alpha value is -1.94. The van der Waals surface area contributed by atoms with Crippen LogP contribution in [0.15, 0.2) is 36.4 Å². The fraction of sp³-hybridized carbons (Fsp3) is 0.231. The van der Waals surface area contributed by atoms with Gasteiger partial charge in [0.2, 0.25) is 5.88 Å². The average molecular weight is 229 g/mol. The molecule has 0 aliphatic heterocycles. The molecule has 0 aliphatic rings. The Labute approximate surface area is 100 Å². The molecule has 0 amide bonds. The van der Waals surface area contributed by atoms with E-state index in [2.05, 4.69) is 10.2 Å². The number of aryl methyl sites for hydroxylation is 1. The number of nitrogens with two attached hydrogens (primary N) is 1. The van der Waals surface area contributed by atoms with Crippen molar-refractivity contribution in [3.05, 3.63) is 53.2 Å². The zero-order valence-electron chi connectivity index (χ0n) is 9.92. The van der Waals surface area contributed by atoms with Crippen LogP contribution < -0.4 is 10.5 Å². The maximum Gasteiger partial charge on any atom is 0.233 e. The van der Waals surface area contributed by atoms with Crippen LogP contribution in [0.1, 0.15) is 22.9 Å². The monoisotopic (exact) mass is 229 g/mol. The summed E-state index contributed by atoms with van der Waals surface area (Å²) in [6.07, 6.45) is 0. The highest BCUT2D eigenvalue weighted by molar-refractivity contribution is 5.29. The van der Waals surface area contributed by atoms with Crippen molar-refractivity contribution in [3.63, 3.8) is 0 Å². The molecule has 17 heavy (non-hydrogen) atoms. The van der Waals surface area contributed by atoms with E-state index in [0.29, 0.717) is 5.88 Å². The van der Waals surface area contributed by atoms with Gasteiger partial charge in [-0.1, -0.05) is 29.8 Å². The molecule has 88 valence electrons. The summed E-state index contributed by atoms with van der Waals surface area (Å²) in [6, 6.07) is 11.4. The van der Waals surface area contributed by atoms with Gasteiger partial charge in [-0.25, -0.2) is 0 Å². The number of hydrogen-bond acceptors (Lipinski definition) is 4. The topological polar surface area (TPSA) is 61.0 Å². The lowest BCUT2D eigenvalue weighted by atomic mass is 10.0. The maximum absolute atomic E-state index is 6.11. The molecule has 1 heterocycles. The van der Waals surface area contributed by atoms with Gasteiger partial charge in [-0.05, 0) is 18.6 Å². The van der Waals surface area contributed by atoms with Crippen LogP contribution in [0, 0.1) is 6.92 Å². The lowest BCUT2D eigenvalue weighted by Crippen LogP contribution is -2.14. The first kappa shape index (κ1) is 11.5. The van der Waals surface area contributed by atoms with Crippen molar-refractivity contribution < 1.29 is 4.74 Å². The number of rotatable bonds is 3. The first-order valence-electron chi connectivity index (χ1n) is 5.40. The number of nitrogens with zero attached hydrogens (tertiary/aromatic N) is 2. The van der Waals surface area contributed by atoms with Gasteiger partial charge in [0.15, 0.2) is 0 Å². The molecule has 1 unspecified atom stereocenters. The van der Waals surface area contributed by atoms with Crippen molar-refractivity contribution in [2.45, 2.75) is 13.0 Å². The number of benzene rings is 1. The second kappa shape index (κ2) is 4.93. The summed E-state index contributed by atoms with van der Waals surface area (Å²) in [4.78, 5) is 0. The van der Waals surface area contributed by atoms with Crippen molar-refractivity contribution >= 4 is 0 Å². The molecular formula is C13H15N3O. The molecule has 4 nitrogen and oxygen atoms in total. The van der Waals surface area contributed by atoms with Gasteiger partial charge in [0.05, 0.1) is 18.8 Å². The van der Waals surface area contributed by atoms with E-state index in [0.717, 1.165) is 11.3 Å². The van der Waals surface area contributed by atoms with Crippen molar-refractivity contribution in [2.75, 3.05) is 7.11 Å². The minimum absolute atomic E-state index is 0.256. The fourth-order valence-corrected chi connectivity index (χ4v) is 1.55. The molecule has 0 saturated carbocycles. The third-order valence-corrected chi connectivity index (χ3v) is 2.62. The lowest BCUT2D eigenvalue weighted by Gasteiger charge is -2.11. The van der Waals surface area contributed by atoms with Gasteiger partial charge in [-0.15, -0.1) is 10.2 Å². The number of aromatic nitrogens is 2. The van der Waals surface area contributed by atoms with E-state index in [1.807, 2.05) is 37.3 Å². The van der Waals surface area contributed by atoms with Crippen LogP contribution in [0.3, 0.4) is 0 Å². The first-order valence-corrected chi connectivity index (χ1v) is 5.40.